The van der Waals surface area contributed by atoms with Gasteiger partial charge in [0.2, 0.25) is 0 Å². The Hall–Kier alpha value is -1.38. The Kier molecular flexibility index (Phi) is 3.58. The lowest BCUT2D eigenvalue weighted by Gasteiger charge is -2.08. The number of nitrogens with one attached hydrogen (secondary N) is 2. The van der Waals surface area contributed by atoms with E-state index in [4.69, 9.17) is 0 Å². The molecule has 2 aromatic carbocycles. The van der Waals surface area contributed by atoms with Gasteiger partial charge in [-0.15, -0.1) is 0 Å². The van der Waals surface area contributed by atoms with Gasteiger partial charge in [-0.2, -0.15) is 0 Å². The smallest absolute Gasteiger partial charge is 0.0212 e. The molecule has 3 rings (SSSR count). The van der Waals surface area contributed by atoms with Crippen molar-refractivity contribution >= 4 is 10.8 Å². The van der Waals surface area contributed by atoms with Crippen molar-refractivity contribution in [2.24, 2.45) is 0 Å². The average molecular weight is 240 g/mol. The summed E-state index contributed by atoms with van der Waals surface area (Å²) in [6.45, 7) is 3.07. The third-order valence-electron chi connectivity index (χ3n) is 3.51. The van der Waals surface area contributed by atoms with Crippen LogP contribution in [0.3, 0.4) is 0 Å². The molecule has 1 aliphatic rings. The summed E-state index contributed by atoms with van der Waals surface area (Å²) >= 11 is 0. The predicted octanol–water partition coefficient (Wildman–Crippen LogP) is 2.68. The molecule has 0 amide bonds. The normalized spacial score (nSPS) is 15.1. The fourth-order valence-corrected chi connectivity index (χ4v) is 2.32. The van der Waals surface area contributed by atoms with Crippen LogP contribution in [0.2, 0.25) is 0 Å². The van der Waals surface area contributed by atoms with Crippen molar-refractivity contribution in [3.8, 4) is 0 Å². The predicted molar refractivity (Wildman–Crippen MR) is 76.7 cm³/mol. The van der Waals surface area contributed by atoms with Crippen LogP contribution in [0.25, 0.3) is 10.8 Å². The third-order valence-corrected chi connectivity index (χ3v) is 3.51. The molecule has 2 nitrogen and oxygen atoms in total. The van der Waals surface area contributed by atoms with Gasteiger partial charge in [0.05, 0.1) is 0 Å². The largest absolute Gasteiger partial charge is 0.313 e. The first-order chi connectivity index (χ1) is 8.93. The van der Waals surface area contributed by atoms with Crippen molar-refractivity contribution in [2.45, 2.75) is 25.4 Å². The molecule has 0 aromatic heterocycles. The molecule has 0 radical (unpaired) electrons. The van der Waals surface area contributed by atoms with E-state index in [0.717, 1.165) is 25.7 Å². The van der Waals surface area contributed by atoms with Gasteiger partial charge < -0.3 is 10.6 Å². The molecule has 0 saturated heterocycles. The van der Waals surface area contributed by atoms with E-state index >= 15 is 0 Å². The van der Waals surface area contributed by atoms with Crippen LogP contribution in [0.4, 0.5) is 0 Å². The van der Waals surface area contributed by atoms with Gasteiger partial charge in [-0.1, -0.05) is 42.5 Å². The minimum atomic E-state index is 0.810. The van der Waals surface area contributed by atoms with Crippen molar-refractivity contribution in [3.05, 3.63) is 48.0 Å². The highest BCUT2D eigenvalue weighted by Gasteiger charge is 2.19. The topological polar surface area (TPSA) is 24.1 Å². The van der Waals surface area contributed by atoms with Crippen molar-refractivity contribution in [3.63, 3.8) is 0 Å². The van der Waals surface area contributed by atoms with E-state index in [1.807, 2.05) is 0 Å². The Labute approximate surface area is 108 Å². The van der Waals surface area contributed by atoms with Crippen molar-refractivity contribution in [1.29, 1.82) is 0 Å². The Morgan fingerprint density at radius 2 is 1.78 bits per heavy atom. The van der Waals surface area contributed by atoms with Gasteiger partial charge in [-0.25, -0.2) is 0 Å². The van der Waals surface area contributed by atoms with Crippen molar-refractivity contribution in [1.82, 2.24) is 10.6 Å². The zero-order chi connectivity index (χ0) is 12.2. The summed E-state index contributed by atoms with van der Waals surface area (Å²) in [5, 5.41) is 9.72. The third kappa shape index (κ3) is 2.89. The molecule has 2 aromatic rings. The molecule has 1 aliphatic carbocycles. The van der Waals surface area contributed by atoms with Crippen LogP contribution in [0.1, 0.15) is 18.4 Å². The Bertz CT molecular complexity index is 512. The summed E-state index contributed by atoms with van der Waals surface area (Å²) in [4.78, 5) is 0. The van der Waals surface area contributed by atoms with E-state index in [9.17, 15) is 0 Å². The molecule has 0 aliphatic heterocycles. The Balaban J connectivity index is 1.56. The van der Waals surface area contributed by atoms with Crippen LogP contribution in [0.15, 0.2) is 42.5 Å². The SMILES string of the molecule is c1ccc2c(CNCCNC3CC3)cccc2c1. The van der Waals surface area contributed by atoms with E-state index in [0.29, 0.717) is 0 Å². The van der Waals surface area contributed by atoms with Crippen molar-refractivity contribution < 1.29 is 0 Å². The van der Waals surface area contributed by atoms with Gasteiger partial charge in [-0.3, -0.25) is 0 Å². The quantitative estimate of drug-likeness (QED) is 0.759. The fraction of sp³-hybridized carbons (Fsp3) is 0.375. The molecule has 1 fully saturated rings. The summed E-state index contributed by atoms with van der Waals surface area (Å²) in [7, 11) is 0. The Morgan fingerprint density at radius 1 is 0.944 bits per heavy atom. The zero-order valence-electron chi connectivity index (χ0n) is 10.7. The molecule has 2 heteroatoms. The van der Waals surface area contributed by atoms with E-state index in [-0.39, 0.29) is 0 Å². The highest BCUT2D eigenvalue weighted by molar-refractivity contribution is 5.85. The maximum absolute atomic E-state index is 3.52. The van der Waals surface area contributed by atoms with E-state index in [1.165, 1.54) is 29.2 Å². The molecule has 0 heterocycles. The van der Waals surface area contributed by atoms with Crippen molar-refractivity contribution in [2.75, 3.05) is 13.1 Å². The lowest BCUT2D eigenvalue weighted by atomic mass is 10.0. The van der Waals surface area contributed by atoms with Crippen LogP contribution < -0.4 is 10.6 Å². The molecule has 1 saturated carbocycles. The van der Waals surface area contributed by atoms with Crippen LogP contribution in [0, 0.1) is 0 Å². The number of rotatable bonds is 6. The molecular weight excluding hydrogens is 220 g/mol. The summed E-state index contributed by atoms with van der Waals surface area (Å²) < 4.78 is 0. The zero-order valence-corrected chi connectivity index (χ0v) is 10.7. The van der Waals surface area contributed by atoms with Crippen LogP contribution in [0.5, 0.6) is 0 Å². The van der Waals surface area contributed by atoms with Gasteiger partial charge in [0, 0.05) is 25.7 Å². The van der Waals surface area contributed by atoms with Crippen LogP contribution in [-0.4, -0.2) is 19.1 Å². The van der Waals surface area contributed by atoms with Gasteiger partial charge in [0.25, 0.3) is 0 Å². The number of benzene rings is 2. The monoisotopic (exact) mass is 240 g/mol. The second-order valence-corrected chi connectivity index (χ2v) is 5.04. The highest BCUT2D eigenvalue weighted by Crippen LogP contribution is 2.18. The molecule has 94 valence electrons. The van der Waals surface area contributed by atoms with Gasteiger partial charge in [-0.05, 0) is 29.2 Å². The van der Waals surface area contributed by atoms with E-state index < -0.39 is 0 Å². The maximum Gasteiger partial charge on any atom is 0.0212 e. The van der Waals surface area contributed by atoms with Gasteiger partial charge in [0.15, 0.2) is 0 Å². The molecule has 0 unspecified atom stereocenters. The van der Waals surface area contributed by atoms with Crippen LogP contribution in [-0.2, 0) is 6.54 Å². The lowest BCUT2D eigenvalue weighted by Crippen LogP contribution is -2.28. The first-order valence-corrected chi connectivity index (χ1v) is 6.84. The second-order valence-electron chi connectivity index (χ2n) is 5.04. The van der Waals surface area contributed by atoms with E-state index in [2.05, 4.69) is 53.1 Å². The lowest BCUT2D eigenvalue weighted by molar-refractivity contribution is 0.610. The first kappa shape index (κ1) is 11.7. The minimum Gasteiger partial charge on any atom is -0.313 e. The number of hydrogen-bond donors (Lipinski definition) is 2. The molecular formula is C16H20N2. The highest BCUT2D eigenvalue weighted by atomic mass is 15.0. The summed E-state index contributed by atoms with van der Waals surface area (Å²) in [6, 6.07) is 15.9. The first-order valence-electron chi connectivity index (χ1n) is 6.84. The Morgan fingerprint density at radius 3 is 2.67 bits per heavy atom. The standard InChI is InChI=1S/C16H20N2/c1-2-7-16-13(4-1)5-3-6-14(16)12-17-10-11-18-15-8-9-15/h1-7,15,17-18H,8-12H2. The summed E-state index contributed by atoms with van der Waals surface area (Å²) in [5.41, 5.74) is 1.39. The molecule has 0 spiro atoms. The maximum atomic E-state index is 3.52. The van der Waals surface area contributed by atoms with Gasteiger partial charge >= 0.3 is 0 Å². The molecule has 0 bridgehead atoms. The minimum absolute atomic E-state index is 0.810. The molecule has 0 atom stereocenters. The summed E-state index contributed by atoms with van der Waals surface area (Å²) in [5.74, 6) is 0. The summed E-state index contributed by atoms with van der Waals surface area (Å²) in [6.07, 6.45) is 2.73. The number of hydrogen-bond acceptors (Lipinski definition) is 2. The molecule has 2 N–H and O–H groups in total. The van der Waals surface area contributed by atoms with Crippen LogP contribution >= 0.6 is 0 Å². The van der Waals surface area contributed by atoms with E-state index in [1.54, 1.807) is 0 Å². The molecule has 18 heavy (non-hydrogen) atoms. The average Bonchev–Trinajstić information content (AvgIpc) is 3.23. The van der Waals surface area contributed by atoms with Gasteiger partial charge in [0.1, 0.15) is 0 Å². The fourth-order valence-electron chi connectivity index (χ4n) is 2.32. The number of fused-ring (bicyclic) bond motifs is 1. The second kappa shape index (κ2) is 5.51.